The minimum absolute atomic E-state index is 0.454. The van der Waals surface area contributed by atoms with Crippen LogP contribution in [-0.2, 0) is 14.3 Å². The highest BCUT2D eigenvalue weighted by Gasteiger charge is 2.52. The van der Waals surface area contributed by atoms with Gasteiger partial charge < -0.3 is 15.2 Å². The lowest BCUT2D eigenvalue weighted by molar-refractivity contribution is -0.123. The SMILES string of the molecule is C[C@@H]1OC(C)(C)N(C(=O)OC(C)(C)C)[C@@H]1C(N)=O. The molecule has 0 aromatic rings. The van der Waals surface area contributed by atoms with Crippen molar-refractivity contribution in [2.24, 2.45) is 5.73 Å². The summed E-state index contributed by atoms with van der Waals surface area (Å²) in [6.07, 6.45) is -1.05. The maximum atomic E-state index is 12.2. The molecular formula is C12H22N2O4. The number of hydrogen-bond acceptors (Lipinski definition) is 4. The van der Waals surface area contributed by atoms with Crippen LogP contribution < -0.4 is 5.73 Å². The van der Waals surface area contributed by atoms with E-state index in [1.807, 2.05) is 0 Å². The second kappa shape index (κ2) is 4.42. The second-order valence-electron chi connectivity index (χ2n) is 5.97. The largest absolute Gasteiger partial charge is 0.444 e. The maximum Gasteiger partial charge on any atom is 0.413 e. The highest BCUT2D eigenvalue weighted by Crippen LogP contribution is 2.33. The van der Waals surface area contributed by atoms with Crippen LogP contribution in [0.1, 0.15) is 41.5 Å². The van der Waals surface area contributed by atoms with Gasteiger partial charge in [0.2, 0.25) is 5.91 Å². The average molecular weight is 258 g/mol. The third-order valence-electron chi connectivity index (χ3n) is 2.66. The molecule has 1 aliphatic rings. The van der Waals surface area contributed by atoms with Gasteiger partial charge in [0.25, 0.3) is 0 Å². The Morgan fingerprint density at radius 1 is 1.33 bits per heavy atom. The summed E-state index contributed by atoms with van der Waals surface area (Å²) in [5.74, 6) is -0.598. The smallest absolute Gasteiger partial charge is 0.413 e. The molecule has 0 unspecified atom stereocenters. The van der Waals surface area contributed by atoms with Crippen molar-refractivity contribution in [1.82, 2.24) is 4.90 Å². The van der Waals surface area contributed by atoms with Crippen LogP contribution in [0.3, 0.4) is 0 Å². The predicted octanol–water partition coefficient (Wildman–Crippen LogP) is 1.23. The molecule has 0 spiro atoms. The van der Waals surface area contributed by atoms with E-state index in [0.29, 0.717) is 0 Å². The molecule has 1 aliphatic heterocycles. The summed E-state index contributed by atoms with van der Waals surface area (Å²) in [4.78, 5) is 24.9. The van der Waals surface area contributed by atoms with E-state index in [1.54, 1.807) is 41.5 Å². The van der Waals surface area contributed by atoms with Crippen LogP contribution in [0.25, 0.3) is 0 Å². The summed E-state index contributed by atoms with van der Waals surface area (Å²) in [5, 5.41) is 0. The molecule has 2 amide bonds. The second-order valence-corrected chi connectivity index (χ2v) is 5.97. The van der Waals surface area contributed by atoms with E-state index in [2.05, 4.69) is 0 Å². The molecule has 0 aromatic carbocycles. The number of hydrogen-bond donors (Lipinski definition) is 1. The Hall–Kier alpha value is -1.30. The first kappa shape index (κ1) is 14.8. The summed E-state index contributed by atoms with van der Waals surface area (Å²) in [5.41, 5.74) is 3.78. The van der Waals surface area contributed by atoms with Crippen LogP contribution >= 0.6 is 0 Å². The summed E-state index contributed by atoms with van der Waals surface area (Å²) in [6, 6.07) is -0.810. The van der Waals surface area contributed by atoms with E-state index in [1.165, 1.54) is 4.90 Å². The van der Waals surface area contributed by atoms with Gasteiger partial charge in [0.15, 0.2) is 0 Å². The van der Waals surface area contributed by atoms with Gasteiger partial charge in [-0.1, -0.05) is 0 Å². The van der Waals surface area contributed by atoms with Gasteiger partial charge in [-0.05, 0) is 41.5 Å². The lowest BCUT2D eigenvalue weighted by Gasteiger charge is -2.34. The minimum atomic E-state index is -0.915. The Morgan fingerprint density at radius 2 is 1.83 bits per heavy atom. The van der Waals surface area contributed by atoms with Crippen molar-refractivity contribution in [3.63, 3.8) is 0 Å². The van der Waals surface area contributed by atoms with Gasteiger partial charge in [0, 0.05) is 0 Å². The summed E-state index contributed by atoms with van der Waals surface area (Å²) >= 11 is 0. The molecule has 1 saturated heterocycles. The van der Waals surface area contributed by atoms with Gasteiger partial charge in [0.05, 0.1) is 6.10 Å². The normalized spacial score (nSPS) is 27.1. The minimum Gasteiger partial charge on any atom is -0.444 e. The molecule has 1 rings (SSSR count). The number of primary amides is 1. The zero-order valence-electron chi connectivity index (χ0n) is 11.8. The number of carbonyl (C=O) groups is 2. The number of rotatable bonds is 1. The first-order valence-corrected chi connectivity index (χ1v) is 5.95. The van der Waals surface area contributed by atoms with Crippen LogP contribution in [0.2, 0.25) is 0 Å². The van der Waals surface area contributed by atoms with E-state index in [9.17, 15) is 9.59 Å². The number of nitrogens with zero attached hydrogens (tertiary/aromatic N) is 1. The van der Waals surface area contributed by atoms with Gasteiger partial charge in [-0.3, -0.25) is 9.69 Å². The number of amides is 2. The fourth-order valence-electron chi connectivity index (χ4n) is 2.12. The highest BCUT2D eigenvalue weighted by molar-refractivity contribution is 5.86. The first-order chi connectivity index (χ1) is 7.96. The maximum absolute atomic E-state index is 12.2. The van der Waals surface area contributed by atoms with Gasteiger partial charge in [0.1, 0.15) is 17.4 Å². The van der Waals surface area contributed by atoms with Gasteiger partial charge >= 0.3 is 6.09 Å². The standard InChI is InChI=1S/C12H22N2O4/c1-7-8(9(13)15)14(12(5,6)17-7)10(16)18-11(2,3)4/h7-8H,1-6H3,(H2,13,15)/t7-,8-/m0/s1. The fourth-order valence-corrected chi connectivity index (χ4v) is 2.12. The van der Waals surface area contributed by atoms with E-state index in [0.717, 1.165) is 0 Å². The summed E-state index contributed by atoms with van der Waals surface area (Å²) in [6.45, 7) is 10.4. The van der Waals surface area contributed by atoms with Crippen LogP contribution in [0, 0.1) is 0 Å². The van der Waals surface area contributed by atoms with Crippen molar-refractivity contribution in [2.75, 3.05) is 0 Å². The Balaban J connectivity index is 3.01. The van der Waals surface area contributed by atoms with Crippen LogP contribution in [0.5, 0.6) is 0 Å². The van der Waals surface area contributed by atoms with Crippen LogP contribution in [-0.4, -0.2) is 40.4 Å². The number of ether oxygens (including phenoxy) is 2. The Bertz CT molecular complexity index is 360. The zero-order chi connectivity index (χ0) is 14.3. The van der Waals surface area contributed by atoms with E-state index >= 15 is 0 Å². The third-order valence-corrected chi connectivity index (χ3v) is 2.66. The molecule has 1 heterocycles. The summed E-state index contributed by atoms with van der Waals surface area (Å²) in [7, 11) is 0. The lowest BCUT2D eigenvalue weighted by Crippen LogP contribution is -2.54. The molecule has 104 valence electrons. The van der Waals surface area contributed by atoms with Gasteiger partial charge in [-0.15, -0.1) is 0 Å². The molecule has 6 heteroatoms. The first-order valence-electron chi connectivity index (χ1n) is 5.95. The molecule has 18 heavy (non-hydrogen) atoms. The number of carbonyl (C=O) groups excluding carboxylic acids is 2. The molecule has 0 saturated carbocycles. The van der Waals surface area contributed by atoms with Gasteiger partial charge in [-0.25, -0.2) is 4.79 Å². The van der Waals surface area contributed by atoms with Crippen molar-refractivity contribution in [3.05, 3.63) is 0 Å². The van der Waals surface area contributed by atoms with Crippen LogP contribution in [0.4, 0.5) is 4.79 Å². The fraction of sp³-hybridized carbons (Fsp3) is 0.833. The average Bonchev–Trinajstić information content (AvgIpc) is 2.31. The van der Waals surface area contributed by atoms with E-state index in [4.69, 9.17) is 15.2 Å². The monoisotopic (exact) mass is 258 g/mol. The lowest BCUT2D eigenvalue weighted by atomic mass is 10.1. The molecule has 1 fully saturated rings. The van der Waals surface area contributed by atoms with E-state index in [-0.39, 0.29) is 0 Å². The third kappa shape index (κ3) is 2.93. The highest BCUT2D eigenvalue weighted by atomic mass is 16.6. The van der Waals surface area contributed by atoms with Crippen molar-refractivity contribution in [2.45, 2.75) is 65.0 Å². The Labute approximate surface area is 107 Å². The molecule has 0 bridgehead atoms. The topological polar surface area (TPSA) is 81.9 Å². The molecule has 6 nitrogen and oxygen atoms in total. The Morgan fingerprint density at radius 3 is 2.22 bits per heavy atom. The van der Waals surface area contributed by atoms with Crippen molar-refractivity contribution in [3.8, 4) is 0 Å². The Kier molecular flexibility index (Phi) is 3.63. The molecule has 0 radical (unpaired) electrons. The van der Waals surface area contributed by atoms with Crippen LogP contribution in [0.15, 0.2) is 0 Å². The zero-order valence-corrected chi connectivity index (χ0v) is 11.8. The molecule has 2 N–H and O–H groups in total. The number of nitrogens with two attached hydrogens (primary N) is 1. The molecule has 0 aromatic heterocycles. The molecular weight excluding hydrogens is 236 g/mol. The van der Waals surface area contributed by atoms with Crippen molar-refractivity contribution >= 4 is 12.0 Å². The predicted molar refractivity (Wildman–Crippen MR) is 65.7 cm³/mol. The van der Waals surface area contributed by atoms with Gasteiger partial charge in [-0.2, -0.15) is 0 Å². The van der Waals surface area contributed by atoms with Crippen molar-refractivity contribution < 1.29 is 19.1 Å². The molecule has 2 atom stereocenters. The summed E-state index contributed by atoms with van der Waals surface area (Å²) < 4.78 is 10.9. The quantitative estimate of drug-likeness (QED) is 0.767. The van der Waals surface area contributed by atoms with Crippen molar-refractivity contribution in [1.29, 1.82) is 0 Å². The molecule has 0 aliphatic carbocycles. The van der Waals surface area contributed by atoms with E-state index < -0.39 is 35.5 Å².